The van der Waals surface area contributed by atoms with E-state index in [0.717, 1.165) is 21.2 Å². The van der Waals surface area contributed by atoms with Gasteiger partial charge in [0.15, 0.2) is 0 Å². The minimum atomic E-state index is -0.483. The third-order valence-electron chi connectivity index (χ3n) is 4.92. The summed E-state index contributed by atoms with van der Waals surface area (Å²) < 4.78 is 1.06. The fourth-order valence-electron chi connectivity index (χ4n) is 3.28. The molecule has 2 aromatic carbocycles. The van der Waals surface area contributed by atoms with E-state index in [4.69, 9.17) is 0 Å². The minimum absolute atomic E-state index is 0.135. The van der Waals surface area contributed by atoms with E-state index in [9.17, 15) is 14.4 Å². The summed E-state index contributed by atoms with van der Waals surface area (Å²) >= 11 is 1.44. The molecule has 0 spiro atoms. The average Bonchev–Trinajstić information content (AvgIpc) is 3.21. The second-order valence-corrected chi connectivity index (χ2v) is 8.00. The molecule has 2 aromatic heterocycles. The van der Waals surface area contributed by atoms with Gasteiger partial charge in [0.25, 0.3) is 11.5 Å². The van der Waals surface area contributed by atoms with Gasteiger partial charge in [-0.1, -0.05) is 30.3 Å². The maximum Gasteiger partial charge on any atom is 0.319 e. The zero-order chi connectivity index (χ0) is 22.0. The van der Waals surface area contributed by atoms with Gasteiger partial charge in [-0.3, -0.25) is 9.59 Å². The first-order valence-corrected chi connectivity index (χ1v) is 10.4. The molecular formula is C23H20N4O3S. The standard InChI is InChI=1S/C23H20N4O3S/c1-13-16(15-10-18(21(28)25-12-15)27-23(30)24-2)7-5-8-17(13)26-22(29)20-11-14-6-3-4-9-19(14)31-20/h3-12H,1-2H3,(H,25,28)(H,26,29)(H2,24,27,30). The fraction of sp³-hybridized carbons (Fsp3) is 0.0870. The lowest BCUT2D eigenvalue weighted by Crippen LogP contribution is -2.27. The van der Waals surface area contributed by atoms with Crippen molar-refractivity contribution in [3.05, 3.63) is 81.6 Å². The summed E-state index contributed by atoms with van der Waals surface area (Å²) in [5.74, 6) is -0.176. The number of H-pyrrole nitrogens is 1. The molecule has 0 unspecified atom stereocenters. The summed E-state index contributed by atoms with van der Waals surface area (Å²) in [5.41, 5.74) is 2.78. The lowest BCUT2D eigenvalue weighted by molar-refractivity contribution is 0.103. The number of pyridine rings is 1. The average molecular weight is 433 g/mol. The molecule has 0 radical (unpaired) electrons. The maximum absolute atomic E-state index is 12.8. The van der Waals surface area contributed by atoms with Crippen LogP contribution in [0.1, 0.15) is 15.2 Å². The van der Waals surface area contributed by atoms with Gasteiger partial charge in [-0.25, -0.2) is 4.79 Å². The second kappa shape index (κ2) is 8.45. The van der Waals surface area contributed by atoms with Crippen LogP contribution in [-0.2, 0) is 0 Å². The first kappa shape index (κ1) is 20.4. The summed E-state index contributed by atoms with van der Waals surface area (Å²) in [5, 5.41) is 8.95. The van der Waals surface area contributed by atoms with Gasteiger partial charge in [-0.2, -0.15) is 0 Å². The molecular weight excluding hydrogens is 412 g/mol. The van der Waals surface area contributed by atoms with E-state index in [1.807, 2.05) is 55.5 Å². The number of hydrogen-bond donors (Lipinski definition) is 4. The predicted octanol–water partition coefficient (Wildman–Crippen LogP) is 4.57. The van der Waals surface area contributed by atoms with Crippen LogP contribution in [0.15, 0.2) is 65.6 Å². The second-order valence-electron chi connectivity index (χ2n) is 6.92. The first-order valence-electron chi connectivity index (χ1n) is 9.57. The number of nitrogens with one attached hydrogen (secondary N) is 4. The van der Waals surface area contributed by atoms with Crippen LogP contribution in [0, 0.1) is 6.92 Å². The van der Waals surface area contributed by atoms with Crippen molar-refractivity contribution < 1.29 is 9.59 Å². The molecule has 3 amide bonds. The van der Waals surface area contributed by atoms with Gasteiger partial charge >= 0.3 is 6.03 Å². The SMILES string of the molecule is CNC(=O)Nc1cc(-c2cccc(NC(=O)c3cc4ccccc4s3)c2C)c[nH]c1=O. The van der Waals surface area contributed by atoms with Gasteiger partial charge < -0.3 is 20.9 Å². The van der Waals surface area contributed by atoms with Gasteiger partial charge in [-0.15, -0.1) is 11.3 Å². The lowest BCUT2D eigenvalue weighted by Gasteiger charge is -2.13. The number of thiophene rings is 1. The molecule has 0 saturated heterocycles. The molecule has 31 heavy (non-hydrogen) atoms. The molecule has 156 valence electrons. The Morgan fingerprint density at radius 2 is 1.77 bits per heavy atom. The Labute approximate surface area is 182 Å². The van der Waals surface area contributed by atoms with Crippen molar-refractivity contribution in [1.82, 2.24) is 10.3 Å². The Kier molecular flexibility index (Phi) is 5.55. The Balaban J connectivity index is 1.64. The molecule has 0 fully saturated rings. The highest BCUT2D eigenvalue weighted by atomic mass is 32.1. The van der Waals surface area contributed by atoms with Crippen LogP contribution >= 0.6 is 11.3 Å². The van der Waals surface area contributed by atoms with Crippen LogP contribution in [0.25, 0.3) is 21.2 Å². The van der Waals surface area contributed by atoms with Crippen molar-refractivity contribution in [2.24, 2.45) is 0 Å². The number of aromatic nitrogens is 1. The Bertz CT molecular complexity index is 1320. The number of urea groups is 1. The molecule has 0 atom stereocenters. The Morgan fingerprint density at radius 1 is 0.968 bits per heavy atom. The first-order chi connectivity index (χ1) is 15.0. The van der Waals surface area contributed by atoms with Crippen molar-refractivity contribution in [3.63, 3.8) is 0 Å². The van der Waals surface area contributed by atoms with E-state index < -0.39 is 11.6 Å². The van der Waals surface area contributed by atoms with E-state index in [2.05, 4.69) is 20.9 Å². The molecule has 7 nitrogen and oxygen atoms in total. The normalized spacial score (nSPS) is 10.6. The summed E-state index contributed by atoms with van der Waals surface area (Å²) in [6.45, 7) is 1.90. The highest BCUT2D eigenvalue weighted by molar-refractivity contribution is 7.20. The number of benzene rings is 2. The monoisotopic (exact) mass is 432 g/mol. The van der Waals surface area contributed by atoms with Gasteiger partial charge in [0.1, 0.15) is 5.69 Å². The molecule has 0 aliphatic rings. The van der Waals surface area contributed by atoms with Gasteiger partial charge in [0.2, 0.25) is 0 Å². The quantitative estimate of drug-likeness (QED) is 0.380. The summed E-state index contributed by atoms with van der Waals surface area (Å²) in [4.78, 5) is 39.7. The van der Waals surface area contributed by atoms with Crippen molar-refractivity contribution in [2.45, 2.75) is 6.92 Å². The van der Waals surface area contributed by atoms with Crippen LogP contribution in [0.2, 0.25) is 0 Å². The van der Waals surface area contributed by atoms with E-state index in [-0.39, 0.29) is 11.6 Å². The number of fused-ring (bicyclic) bond motifs is 1. The maximum atomic E-state index is 12.8. The smallest absolute Gasteiger partial charge is 0.319 e. The number of rotatable bonds is 4. The molecule has 0 saturated carbocycles. The summed E-state index contributed by atoms with van der Waals surface area (Å²) in [6, 6.07) is 16.4. The van der Waals surface area contributed by atoms with Crippen LogP contribution in [0.4, 0.5) is 16.2 Å². The van der Waals surface area contributed by atoms with Crippen LogP contribution in [-0.4, -0.2) is 24.0 Å². The number of amides is 3. The van der Waals surface area contributed by atoms with E-state index in [1.165, 1.54) is 18.4 Å². The number of aromatic amines is 1. The number of carbonyl (C=O) groups is 2. The van der Waals surface area contributed by atoms with Crippen LogP contribution in [0.5, 0.6) is 0 Å². The number of carbonyl (C=O) groups excluding carboxylic acids is 2. The molecule has 4 N–H and O–H groups in total. The number of hydrogen-bond acceptors (Lipinski definition) is 4. The summed E-state index contributed by atoms with van der Waals surface area (Å²) in [6.07, 6.45) is 1.58. The lowest BCUT2D eigenvalue weighted by atomic mass is 10.00. The summed E-state index contributed by atoms with van der Waals surface area (Å²) in [7, 11) is 1.47. The highest BCUT2D eigenvalue weighted by Gasteiger charge is 2.14. The molecule has 2 heterocycles. The van der Waals surface area contributed by atoms with Crippen LogP contribution in [0.3, 0.4) is 0 Å². The van der Waals surface area contributed by atoms with Crippen LogP contribution < -0.4 is 21.5 Å². The zero-order valence-electron chi connectivity index (χ0n) is 16.9. The largest absolute Gasteiger partial charge is 0.341 e. The topological polar surface area (TPSA) is 103 Å². The van der Waals surface area contributed by atoms with E-state index >= 15 is 0 Å². The van der Waals surface area contributed by atoms with Crippen molar-refractivity contribution in [1.29, 1.82) is 0 Å². The Morgan fingerprint density at radius 3 is 2.55 bits per heavy atom. The van der Waals surface area contributed by atoms with E-state index in [0.29, 0.717) is 16.1 Å². The number of anilines is 2. The molecule has 0 bridgehead atoms. The molecule has 0 aliphatic heterocycles. The Hall–Kier alpha value is -3.91. The molecule has 0 aliphatic carbocycles. The fourth-order valence-corrected chi connectivity index (χ4v) is 4.24. The molecule has 4 aromatic rings. The minimum Gasteiger partial charge on any atom is -0.341 e. The van der Waals surface area contributed by atoms with Crippen molar-refractivity contribution in [2.75, 3.05) is 17.7 Å². The van der Waals surface area contributed by atoms with E-state index in [1.54, 1.807) is 12.3 Å². The zero-order valence-corrected chi connectivity index (χ0v) is 17.7. The molecule has 4 rings (SSSR count). The third-order valence-corrected chi connectivity index (χ3v) is 6.04. The van der Waals surface area contributed by atoms with Gasteiger partial charge in [0.05, 0.1) is 4.88 Å². The van der Waals surface area contributed by atoms with Gasteiger partial charge in [-0.05, 0) is 47.7 Å². The predicted molar refractivity (Wildman–Crippen MR) is 125 cm³/mol. The van der Waals surface area contributed by atoms with Gasteiger partial charge in [0, 0.05) is 29.2 Å². The highest BCUT2D eigenvalue weighted by Crippen LogP contribution is 2.30. The molecule has 8 heteroatoms. The van der Waals surface area contributed by atoms with Crippen molar-refractivity contribution in [3.8, 4) is 11.1 Å². The third kappa shape index (κ3) is 4.19. The van der Waals surface area contributed by atoms with Crippen molar-refractivity contribution >= 4 is 44.7 Å².